The number of rotatable bonds is 6. The molecule has 1 saturated heterocycles. The molecule has 158 valence electrons. The number of fused-ring (bicyclic) bond motifs is 2. The monoisotopic (exact) mass is 414 g/mol. The molecule has 1 aliphatic heterocycles. The number of halogens is 2. The van der Waals surface area contributed by atoms with Crippen LogP contribution >= 0.6 is 0 Å². The van der Waals surface area contributed by atoms with E-state index in [-0.39, 0.29) is 5.88 Å². The third-order valence-electron chi connectivity index (χ3n) is 5.93. The van der Waals surface area contributed by atoms with Crippen molar-refractivity contribution < 1.29 is 13.5 Å². The number of benzene rings is 1. The van der Waals surface area contributed by atoms with Crippen LogP contribution in [0.2, 0.25) is 0 Å². The molecule has 0 radical (unpaired) electrons. The topological polar surface area (TPSA) is 70.2 Å². The smallest absolute Gasteiger partial charge is 0.272 e. The van der Waals surface area contributed by atoms with Gasteiger partial charge in [0.1, 0.15) is 6.33 Å². The van der Waals surface area contributed by atoms with E-state index in [0.29, 0.717) is 10.9 Å². The molecule has 0 atom stereocenters. The van der Waals surface area contributed by atoms with Gasteiger partial charge >= 0.3 is 0 Å². The first-order chi connectivity index (χ1) is 14.7. The number of H-pyrrole nitrogens is 1. The minimum atomic E-state index is -2.54. The summed E-state index contributed by atoms with van der Waals surface area (Å²) in [7, 11) is 0. The normalized spacial score (nSPS) is 17.1. The van der Waals surface area contributed by atoms with E-state index in [1.54, 1.807) is 0 Å². The molecule has 1 N–H and O–H groups in total. The summed E-state index contributed by atoms with van der Waals surface area (Å²) in [5, 5.41) is 8.37. The summed E-state index contributed by atoms with van der Waals surface area (Å²) in [6, 6.07) is 5.84. The fourth-order valence-electron chi connectivity index (χ4n) is 4.37. The quantitative estimate of drug-likeness (QED) is 0.669. The molecule has 0 spiro atoms. The van der Waals surface area contributed by atoms with Crippen LogP contribution in [-0.4, -0.2) is 64.3 Å². The number of piperazine rings is 1. The minimum Gasteiger partial charge on any atom is -0.471 e. The maximum Gasteiger partial charge on any atom is 0.272 e. The lowest BCUT2D eigenvalue weighted by molar-refractivity contribution is 0.0804. The highest BCUT2D eigenvalue weighted by molar-refractivity contribution is 5.86. The summed E-state index contributed by atoms with van der Waals surface area (Å²) in [6.07, 6.45) is 2.27. The lowest BCUT2D eigenvalue weighted by atomic mass is 10.1. The van der Waals surface area contributed by atoms with Crippen LogP contribution in [0.15, 0.2) is 24.5 Å². The van der Waals surface area contributed by atoms with Gasteiger partial charge in [0.05, 0.1) is 16.6 Å². The molecule has 7 nitrogen and oxygen atoms in total. The molecule has 1 fully saturated rings. The molecule has 3 aromatic rings. The SMILES string of the molecule is FC(F)COc1ncnc2ccc(N3CCN(Cc4n[nH]c5c4CCC5)CC3)cc12. The second-order valence-electron chi connectivity index (χ2n) is 7.83. The molecule has 0 unspecified atom stereocenters. The second kappa shape index (κ2) is 8.14. The van der Waals surface area contributed by atoms with Crippen LogP contribution in [0.5, 0.6) is 5.88 Å². The van der Waals surface area contributed by atoms with Crippen LogP contribution in [0.3, 0.4) is 0 Å². The van der Waals surface area contributed by atoms with E-state index in [0.717, 1.165) is 51.3 Å². The number of nitrogens with zero attached hydrogens (tertiary/aromatic N) is 5. The number of ether oxygens (including phenoxy) is 1. The van der Waals surface area contributed by atoms with Crippen molar-refractivity contribution in [3.63, 3.8) is 0 Å². The summed E-state index contributed by atoms with van der Waals surface area (Å²) in [5.41, 5.74) is 5.64. The van der Waals surface area contributed by atoms with Gasteiger partial charge in [-0.2, -0.15) is 5.10 Å². The maximum absolute atomic E-state index is 12.5. The highest BCUT2D eigenvalue weighted by atomic mass is 19.3. The molecular weight excluding hydrogens is 390 g/mol. The molecule has 2 aromatic heterocycles. The van der Waals surface area contributed by atoms with Gasteiger partial charge in [-0.25, -0.2) is 18.7 Å². The van der Waals surface area contributed by atoms with Crippen LogP contribution in [0, 0.1) is 0 Å². The van der Waals surface area contributed by atoms with Crippen LogP contribution in [0.25, 0.3) is 10.9 Å². The van der Waals surface area contributed by atoms with Crippen molar-refractivity contribution >= 4 is 16.6 Å². The first-order valence-corrected chi connectivity index (χ1v) is 10.4. The number of aromatic nitrogens is 4. The van der Waals surface area contributed by atoms with Crippen molar-refractivity contribution in [3.8, 4) is 5.88 Å². The number of hydrogen-bond donors (Lipinski definition) is 1. The third kappa shape index (κ3) is 3.81. The molecule has 1 aliphatic carbocycles. The van der Waals surface area contributed by atoms with Gasteiger partial charge < -0.3 is 9.64 Å². The highest BCUT2D eigenvalue weighted by Gasteiger charge is 2.23. The Morgan fingerprint density at radius 1 is 1.10 bits per heavy atom. The van der Waals surface area contributed by atoms with Gasteiger partial charge in [-0.05, 0) is 43.0 Å². The molecule has 1 aromatic carbocycles. The van der Waals surface area contributed by atoms with E-state index in [4.69, 9.17) is 4.74 Å². The Labute approximate surface area is 173 Å². The number of aromatic amines is 1. The molecule has 9 heteroatoms. The largest absolute Gasteiger partial charge is 0.471 e. The predicted molar refractivity (Wildman–Crippen MR) is 109 cm³/mol. The fourth-order valence-corrected chi connectivity index (χ4v) is 4.37. The Kier molecular flexibility index (Phi) is 5.20. The van der Waals surface area contributed by atoms with E-state index in [9.17, 15) is 8.78 Å². The van der Waals surface area contributed by atoms with Crippen molar-refractivity contribution in [1.29, 1.82) is 0 Å². The molecule has 2 aliphatic rings. The Balaban J connectivity index is 1.26. The van der Waals surface area contributed by atoms with Gasteiger partial charge in [-0.15, -0.1) is 0 Å². The fraction of sp³-hybridized carbons (Fsp3) is 0.476. The Morgan fingerprint density at radius 3 is 2.80 bits per heavy atom. The van der Waals surface area contributed by atoms with Crippen LogP contribution in [-0.2, 0) is 19.4 Å². The Morgan fingerprint density at radius 2 is 1.97 bits per heavy atom. The molecule has 0 bridgehead atoms. The van der Waals surface area contributed by atoms with E-state index in [1.807, 2.05) is 18.2 Å². The summed E-state index contributed by atoms with van der Waals surface area (Å²) in [4.78, 5) is 13.0. The van der Waals surface area contributed by atoms with E-state index >= 15 is 0 Å². The zero-order chi connectivity index (χ0) is 20.5. The minimum absolute atomic E-state index is 0.202. The number of alkyl halides is 2. The van der Waals surface area contributed by atoms with Gasteiger partial charge in [0.15, 0.2) is 6.61 Å². The summed E-state index contributed by atoms with van der Waals surface area (Å²) in [5.74, 6) is 0.202. The van der Waals surface area contributed by atoms with E-state index in [2.05, 4.69) is 30.0 Å². The molecule has 0 saturated carbocycles. The van der Waals surface area contributed by atoms with Crippen LogP contribution in [0.1, 0.15) is 23.4 Å². The number of aryl methyl sites for hydroxylation is 1. The van der Waals surface area contributed by atoms with Crippen molar-refractivity contribution in [2.75, 3.05) is 37.7 Å². The second-order valence-corrected chi connectivity index (χ2v) is 7.83. The lowest BCUT2D eigenvalue weighted by Gasteiger charge is -2.36. The first-order valence-electron chi connectivity index (χ1n) is 10.4. The van der Waals surface area contributed by atoms with Gasteiger partial charge in [-0.1, -0.05) is 0 Å². The average molecular weight is 414 g/mol. The van der Waals surface area contributed by atoms with Gasteiger partial charge in [0.2, 0.25) is 5.88 Å². The van der Waals surface area contributed by atoms with E-state index < -0.39 is 13.0 Å². The third-order valence-corrected chi connectivity index (χ3v) is 5.93. The van der Waals surface area contributed by atoms with E-state index in [1.165, 1.54) is 29.7 Å². The average Bonchev–Trinajstić information content (AvgIpc) is 3.37. The zero-order valence-corrected chi connectivity index (χ0v) is 16.7. The Hall–Kier alpha value is -2.81. The van der Waals surface area contributed by atoms with Crippen molar-refractivity contribution in [1.82, 2.24) is 25.1 Å². The number of hydrogen-bond acceptors (Lipinski definition) is 6. The van der Waals surface area contributed by atoms with Crippen molar-refractivity contribution in [2.24, 2.45) is 0 Å². The van der Waals surface area contributed by atoms with Gasteiger partial charge in [0, 0.05) is 44.1 Å². The maximum atomic E-state index is 12.5. The molecular formula is C21H24F2N6O. The van der Waals surface area contributed by atoms with Gasteiger partial charge in [0.25, 0.3) is 6.43 Å². The molecule has 3 heterocycles. The summed E-state index contributed by atoms with van der Waals surface area (Å²) < 4.78 is 30.3. The number of anilines is 1. The van der Waals surface area contributed by atoms with Crippen molar-refractivity contribution in [3.05, 3.63) is 41.5 Å². The summed E-state index contributed by atoms with van der Waals surface area (Å²) >= 11 is 0. The van der Waals surface area contributed by atoms with Crippen LogP contribution in [0.4, 0.5) is 14.5 Å². The number of nitrogens with one attached hydrogen (secondary N) is 1. The summed E-state index contributed by atoms with van der Waals surface area (Å²) in [6.45, 7) is 3.88. The first kappa shape index (κ1) is 19.2. The zero-order valence-electron chi connectivity index (χ0n) is 16.7. The molecule has 30 heavy (non-hydrogen) atoms. The molecule has 5 rings (SSSR count). The molecule has 0 amide bonds. The van der Waals surface area contributed by atoms with Crippen LogP contribution < -0.4 is 9.64 Å². The Bertz CT molecular complexity index is 1030. The van der Waals surface area contributed by atoms with Gasteiger partial charge in [-0.3, -0.25) is 10.00 Å². The van der Waals surface area contributed by atoms with Crippen molar-refractivity contribution in [2.45, 2.75) is 32.2 Å². The standard InChI is InChI=1S/C21H24F2N6O/c22-20(23)12-30-21-16-10-14(4-5-17(16)24-13-25-21)29-8-6-28(7-9-29)11-19-15-2-1-3-18(15)26-27-19/h4-5,10,13,20H,1-3,6-9,11-12H2,(H,26,27). The predicted octanol–water partition coefficient (Wildman–Crippen LogP) is 2.81. The lowest BCUT2D eigenvalue weighted by Crippen LogP contribution is -2.46. The highest BCUT2D eigenvalue weighted by Crippen LogP contribution is 2.28.